The van der Waals surface area contributed by atoms with Crippen LogP contribution in [0.2, 0.25) is 0 Å². The fourth-order valence-corrected chi connectivity index (χ4v) is 2.14. The molecule has 1 N–H and O–H groups in total. The van der Waals surface area contributed by atoms with Gasteiger partial charge in [-0.15, -0.1) is 0 Å². The number of benzene rings is 1. The van der Waals surface area contributed by atoms with Gasteiger partial charge in [-0.3, -0.25) is 4.90 Å². The number of nitrogens with zero attached hydrogens (tertiary/aromatic N) is 2. The molecule has 0 radical (unpaired) electrons. The number of hydrogen-bond acceptors (Lipinski definition) is 3. The highest BCUT2D eigenvalue weighted by Crippen LogP contribution is 2.10. The Kier molecular flexibility index (Phi) is 3.94. The summed E-state index contributed by atoms with van der Waals surface area (Å²) in [5, 5.41) is 12.5. The highest BCUT2D eigenvalue weighted by molar-refractivity contribution is 6.01. The van der Waals surface area contributed by atoms with Crippen LogP contribution in [0.4, 0.5) is 0 Å². The van der Waals surface area contributed by atoms with Crippen LogP contribution in [0.5, 0.6) is 0 Å². The SMILES string of the molecule is O/N=C(\CN1CCCCC1)c1ccccc1. The lowest BCUT2D eigenvalue weighted by molar-refractivity contribution is 0.253. The molecule has 0 unspecified atom stereocenters. The van der Waals surface area contributed by atoms with Crippen LogP contribution >= 0.6 is 0 Å². The van der Waals surface area contributed by atoms with Crippen molar-refractivity contribution in [1.29, 1.82) is 0 Å². The standard InChI is InChI=1S/C13H18N2O/c16-14-13(12-7-3-1-4-8-12)11-15-9-5-2-6-10-15/h1,3-4,7-8,16H,2,5-6,9-11H2/b14-13+. The van der Waals surface area contributed by atoms with Gasteiger partial charge in [0, 0.05) is 12.1 Å². The monoisotopic (exact) mass is 218 g/mol. The molecule has 0 atom stereocenters. The third-order valence-electron chi connectivity index (χ3n) is 3.05. The van der Waals surface area contributed by atoms with Crippen LogP contribution in [-0.4, -0.2) is 35.5 Å². The molecule has 2 rings (SSSR count). The summed E-state index contributed by atoms with van der Waals surface area (Å²) in [5.74, 6) is 0. The van der Waals surface area contributed by atoms with Crippen LogP contribution in [0, 0.1) is 0 Å². The first-order valence-corrected chi connectivity index (χ1v) is 5.89. The minimum atomic E-state index is 0.751. The predicted molar refractivity (Wildman–Crippen MR) is 65.1 cm³/mol. The van der Waals surface area contributed by atoms with Crippen molar-refractivity contribution in [3.05, 3.63) is 35.9 Å². The van der Waals surface area contributed by atoms with E-state index in [1.807, 2.05) is 30.3 Å². The molecular weight excluding hydrogens is 200 g/mol. The van der Waals surface area contributed by atoms with Crippen LogP contribution in [0.1, 0.15) is 24.8 Å². The molecule has 0 aliphatic carbocycles. The Morgan fingerprint density at radius 1 is 1.12 bits per heavy atom. The van der Waals surface area contributed by atoms with Crippen LogP contribution < -0.4 is 0 Å². The quantitative estimate of drug-likeness (QED) is 0.480. The molecule has 0 bridgehead atoms. The average Bonchev–Trinajstić information content (AvgIpc) is 2.38. The number of oxime groups is 1. The Bertz CT molecular complexity index is 342. The largest absolute Gasteiger partial charge is 0.411 e. The van der Waals surface area contributed by atoms with Crippen molar-refractivity contribution in [2.75, 3.05) is 19.6 Å². The van der Waals surface area contributed by atoms with Gasteiger partial charge in [-0.1, -0.05) is 41.9 Å². The zero-order chi connectivity index (χ0) is 11.2. The van der Waals surface area contributed by atoms with E-state index in [0.29, 0.717) is 0 Å². The third-order valence-corrected chi connectivity index (χ3v) is 3.05. The van der Waals surface area contributed by atoms with Crippen molar-refractivity contribution < 1.29 is 5.21 Å². The lowest BCUT2D eigenvalue weighted by Gasteiger charge is -2.26. The van der Waals surface area contributed by atoms with Crippen molar-refractivity contribution in [2.24, 2.45) is 5.16 Å². The summed E-state index contributed by atoms with van der Waals surface area (Å²) >= 11 is 0. The Labute approximate surface area is 96.4 Å². The molecule has 3 nitrogen and oxygen atoms in total. The third kappa shape index (κ3) is 2.83. The molecule has 1 aliphatic heterocycles. The summed E-state index contributed by atoms with van der Waals surface area (Å²) in [6.07, 6.45) is 3.84. The maximum Gasteiger partial charge on any atom is 0.101 e. The predicted octanol–water partition coefficient (Wildman–Crippen LogP) is 2.35. The molecule has 1 aromatic rings. The lowest BCUT2D eigenvalue weighted by Crippen LogP contribution is -2.34. The molecule has 86 valence electrons. The van der Waals surface area contributed by atoms with Gasteiger partial charge < -0.3 is 5.21 Å². The highest BCUT2D eigenvalue weighted by atomic mass is 16.4. The van der Waals surface area contributed by atoms with Gasteiger partial charge in [-0.2, -0.15) is 0 Å². The van der Waals surface area contributed by atoms with Gasteiger partial charge in [0.25, 0.3) is 0 Å². The van der Waals surface area contributed by atoms with Gasteiger partial charge in [0.1, 0.15) is 5.71 Å². The number of rotatable bonds is 3. The van der Waals surface area contributed by atoms with Crippen molar-refractivity contribution in [3.8, 4) is 0 Å². The Balaban J connectivity index is 2.01. The maximum absolute atomic E-state index is 9.07. The van der Waals surface area contributed by atoms with E-state index >= 15 is 0 Å². The van der Waals surface area contributed by atoms with Gasteiger partial charge in [-0.05, 0) is 25.9 Å². The minimum absolute atomic E-state index is 0.751. The zero-order valence-electron chi connectivity index (χ0n) is 9.47. The van der Waals surface area contributed by atoms with E-state index in [1.54, 1.807) is 0 Å². The van der Waals surface area contributed by atoms with Gasteiger partial charge in [0.2, 0.25) is 0 Å². The molecule has 0 saturated carbocycles. The van der Waals surface area contributed by atoms with Crippen LogP contribution in [0.3, 0.4) is 0 Å². The van der Waals surface area contributed by atoms with Gasteiger partial charge in [0.15, 0.2) is 0 Å². The molecule has 16 heavy (non-hydrogen) atoms. The molecule has 0 amide bonds. The van der Waals surface area contributed by atoms with Crippen LogP contribution in [0.25, 0.3) is 0 Å². The summed E-state index contributed by atoms with van der Waals surface area (Å²) in [5.41, 5.74) is 1.78. The van der Waals surface area contributed by atoms with E-state index in [-0.39, 0.29) is 0 Å². The summed E-state index contributed by atoms with van der Waals surface area (Å²) in [6.45, 7) is 2.98. The highest BCUT2D eigenvalue weighted by Gasteiger charge is 2.13. The molecule has 0 aromatic heterocycles. The fourth-order valence-electron chi connectivity index (χ4n) is 2.14. The zero-order valence-corrected chi connectivity index (χ0v) is 9.47. The Morgan fingerprint density at radius 3 is 2.44 bits per heavy atom. The van der Waals surface area contributed by atoms with E-state index in [4.69, 9.17) is 5.21 Å². The normalized spacial score (nSPS) is 18.6. The fraction of sp³-hybridized carbons (Fsp3) is 0.462. The van der Waals surface area contributed by atoms with E-state index in [1.165, 1.54) is 19.3 Å². The first-order chi connectivity index (χ1) is 7.90. The second kappa shape index (κ2) is 5.66. The summed E-state index contributed by atoms with van der Waals surface area (Å²) in [4.78, 5) is 2.35. The molecule has 0 spiro atoms. The van der Waals surface area contributed by atoms with E-state index < -0.39 is 0 Å². The second-order valence-electron chi connectivity index (χ2n) is 4.25. The number of likely N-dealkylation sites (tertiary alicyclic amines) is 1. The summed E-state index contributed by atoms with van der Waals surface area (Å²) < 4.78 is 0. The molecular formula is C13H18N2O. The van der Waals surface area contributed by atoms with Crippen molar-refractivity contribution >= 4 is 5.71 Å². The van der Waals surface area contributed by atoms with E-state index in [0.717, 1.165) is 30.9 Å². The number of hydrogen-bond donors (Lipinski definition) is 1. The smallest absolute Gasteiger partial charge is 0.101 e. The van der Waals surface area contributed by atoms with Gasteiger partial charge >= 0.3 is 0 Å². The van der Waals surface area contributed by atoms with Crippen LogP contribution in [-0.2, 0) is 0 Å². The summed E-state index contributed by atoms with van der Waals surface area (Å²) in [6, 6.07) is 9.88. The van der Waals surface area contributed by atoms with Crippen molar-refractivity contribution in [3.63, 3.8) is 0 Å². The Hall–Kier alpha value is -1.35. The van der Waals surface area contributed by atoms with Crippen LogP contribution in [0.15, 0.2) is 35.5 Å². The van der Waals surface area contributed by atoms with E-state index in [9.17, 15) is 0 Å². The maximum atomic E-state index is 9.07. The van der Waals surface area contributed by atoms with Crippen molar-refractivity contribution in [2.45, 2.75) is 19.3 Å². The second-order valence-corrected chi connectivity index (χ2v) is 4.25. The Morgan fingerprint density at radius 2 is 1.81 bits per heavy atom. The molecule has 1 heterocycles. The lowest BCUT2D eigenvalue weighted by atomic mass is 10.1. The molecule has 1 aliphatic rings. The molecule has 3 heteroatoms. The van der Waals surface area contributed by atoms with E-state index in [2.05, 4.69) is 10.1 Å². The summed E-state index contributed by atoms with van der Waals surface area (Å²) in [7, 11) is 0. The van der Waals surface area contributed by atoms with Crippen molar-refractivity contribution in [1.82, 2.24) is 4.90 Å². The average molecular weight is 218 g/mol. The minimum Gasteiger partial charge on any atom is -0.411 e. The first kappa shape index (κ1) is 11.1. The topological polar surface area (TPSA) is 35.8 Å². The van der Waals surface area contributed by atoms with Gasteiger partial charge in [-0.25, -0.2) is 0 Å². The number of piperidine rings is 1. The molecule has 1 fully saturated rings. The molecule has 1 aromatic carbocycles. The van der Waals surface area contributed by atoms with Gasteiger partial charge in [0.05, 0.1) is 0 Å². The first-order valence-electron chi connectivity index (χ1n) is 5.89. The molecule has 1 saturated heterocycles.